The topological polar surface area (TPSA) is 64.2 Å². The van der Waals surface area contributed by atoms with E-state index in [2.05, 4.69) is 17.4 Å². The molecule has 2 aromatic carbocycles. The molecule has 1 fully saturated rings. The third-order valence-electron chi connectivity index (χ3n) is 4.41. The maximum Gasteiger partial charge on any atom is 0.419 e. The smallest absolute Gasteiger partial charge is 0.408 e. The minimum atomic E-state index is -0.408. The summed E-state index contributed by atoms with van der Waals surface area (Å²) in [5.41, 5.74) is 3.04. The van der Waals surface area contributed by atoms with E-state index >= 15 is 0 Å². The Morgan fingerprint density at radius 3 is 2.78 bits per heavy atom. The molecule has 0 unspecified atom stereocenters. The number of nitrogens with zero attached hydrogens (tertiary/aromatic N) is 1. The van der Waals surface area contributed by atoms with Crippen molar-refractivity contribution >= 4 is 22.7 Å². The molecule has 1 amide bonds. The van der Waals surface area contributed by atoms with E-state index in [1.54, 1.807) is 25.2 Å². The van der Waals surface area contributed by atoms with Crippen molar-refractivity contribution in [2.45, 2.75) is 12.3 Å². The molecule has 1 N–H and O–H groups in total. The molecule has 1 aromatic heterocycles. The molecule has 23 heavy (non-hydrogen) atoms. The fourth-order valence-corrected chi connectivity index (χ4v) is 3.00. The zero-order valence-electron chi connectivity index (χ0n) is 12.7. The van der Waals surface area contributed by atoms with Gasteiger partial charge in [-0.2, -0.15) is 0 Å². The van der Waals surface area contributed by atoms with Crippen molar-refractivity contribution in [3.05, 3.63) is 64.6 Å². The van der Waals surface area contributed by atoms with E-state index in [9.17, 15) is 9.59 Å². The number of rotatable bonds is 3. The third-order valence-corrected chi connectivity index (χ3v) is 4.41. The zero-order valence-corrected chi connectivity index (χ0v) is 12.7. The average Bonchev–Trinajstić information content (AvgIpc) is 3.31. The Bertz CT molecular complexity index is 940. The van der Waals surface area contributed by atoms with Gasteiger partial charge in [-0.15, -0.1) is 0 Å². The van der Waals surface area contributed by atoms with Crippen molar-refractivity contribution < 1.29 is 9.21 Å². The van der Waals surface area contributed by atoms with E-state index in [0.29, 0.717) is 22.7 Å². The second-order valence-corrected chi connectivity index (χ2v) is 5.96. The second kappa shape index (κ2) is 5.12. The number of anilines is 1. The summed E-state index contributed by atoms with van der Waals surface area (Å²) in [5, 5.41) is 2.91. The monoisotopic (exact) mass is 308 g/mol. The van der Waals surface area contributed by atoms with Gasteiger partial charge in [0.05, 0.1) is 5.52 Å². The highest BCUT2D eigenvalue weighted by Crippen LogP contribution is 2.47. The predicted molar refractivity (Wildman–Crippen MR) is 87.4 cm³/mol. The van der Waals surface area contributed by atoms with Crippen LogP contribution in [0.3, 0.4) is 0 Å². The van der Waals surface area contributed by atoms with Crippen molar-refractivity contribution in [3.63, 3.8) is 0 Å². The minimum absolute atomic E-state index is 0.0101. The number of oxazole rings is 1. The molecule has 5 heteroatoms. The van der Waals surface area contributed by atoms with Gasteiger partial charge in [0.15, 0.2) is 5.58 Å². The van der Waals surface area contributed by atoms with E-state index < -0.39 is 5.76 Å². The molecule has 0 saturated heterocycles. The number of carbonyl (C=O) groups excluding carboxylic acids is 1. The standard InChI is InChI=1S/C18H16N2O3/c1-20-15-8-7-12(9-16(15)23-18(20)22)19-17(21)14-10-13(14)11-5-3-2-4-6-11/h2-9,13-14H,10H2,1H3,(H,19,21)/t13-,14+/m0/s1. The lowest BCUT2D eigenvalue weighted by atomic mass is 10.1. The molecule has 1 aliphatic rings. The molecule has 4 rings (SSSR count). The summed E-state index contributed by atoms with van der Waals surface area (Å²) in [4.78, 5) is 23.9. The Balaban J connectivity index is 1.50. The molecular weight excluding hydrogens is 292 g/mol. The molecule has 0 radical (unpaired) electrons. The lowest BCUT2D eigenvalue weighted by Gasteiger charge is -2.05. The average molecular weight is 308 g/mol. The number of aryl methyl sites for hydroxylation is 1. The van der Waals surface area contributed by atoms with Crippen LogP contribution in [0.25, 0.3) is 11.1 Å². The van der Waals surface area contributed by atoms with Crippen molar-refractivity contribution in [1.29, 1.82) is 0 Å². The number of carbonyl (C=O) groups is 1. The molecule has 116 valence electrons. The van der Waals surface area contributed by atoms with Gasteiger partial charge >= 0.3 is 5.76 Å². The molecular formula is C18H16N2O3. The third kappa shape index (κ3) is 2.44. The summed E-state index contributed by atoms with van der Waals surface area (Å²) in [6.07, 6.45) is 0.874. The number of hydrogen-bond acceptors (Lipinski definition) is 3. The first-order valence-corrected chi connectivity index (χ1v) is 7.59. The van der Waals surface area contributed by atoms with Crippen molar-refractivity contribution in [2.75, 3.05) is 5.32 Å². The zero-order chi connectivity index (χ0) is 16.0. The summed E-state index contributed by atoms with van der Waals surface area (Å²) in [6.45, 7) is 0. The molecule has 3 aromatic rings. The molecule has 5 nitrogen and oxygen atoms in total. The van der Waals surface area contributed by atoms with Gasteiger partial charge in [0.1, 0.15) is 0 Å². The van der Waals surface area contributed by atoms with Crippen LogP contribution in [0.1, 0.15) is 17.9 Å². The second-order valence-electron chi connectivity index (χ2n) is 5.96. The van der Waals surface area contributed by atoms with E-state index in [0.717, 1.165) is 6.42 Å². The van der Waals surface area contributed by atoms with Crippen LogP contribution in [0.5, 0.6) is 0 Å². The fourth-order valence-electron chi connectivity index (χ4n) is 3.00. The number of amides is 1. The summed E-state index contributed by atoms with van der Waals surface area (Å²) >= 11 is 0. The van der Waals surface area contributed by atoms with E-state index in [1.807, 2.05) is 18.2 Å². The quantitative estimate of drug-likeness (QED) is 0.809. The first kappa shape index (κ1) is 13.8. The van der Waals surface area contributed by atoms with Crippen LogP contribution >= 0.6 is 0 Å². The molecule has 1 heterocycles. The van der Waals surface area contributed by atoms with E-state index in [1.165, 1.54) is 10.1 Å². The van der Waals surface area contributed by atoms with Crippen LogP contribution in [-0.4, -0.2) is 10.5 Å². The van der Waals surface area contributed by atoms with Crippen LogP contribution in [0.4, 0.5) is 5.69 Å². The van der Waals surface area contributed by atoms with Gasteiger partial charge < -0.3 is 9.73 Å². The van der Waals surface area contributed by atoms with Gasteiger partial charge in [0.2, 0.25) is 5.91 Å². The van der Waals surface area contributed by atoms with Crippen molar-refractivity contribution in [2.24, 2.45) is 13.0 Å². The van der Waals surface area contributed by atoms with Crippen LogP contribution in [0, 0.1) is 5.92 Å². The van der Waals surface area contributed by atoms with Crippen molar-refractivity contribution in [1.82, 2.24) is 4.57 Å². The van der Waals surface area contributed by atoms with Gasteiger partial charge in [-0.1, -0.05) is 30.3 Å². The van der Waals surface area contributed by atoms with Crippen LogP contribution in [0.2, 0.25) is 0 Å². The van der Waals surface area contributed by atoms with Crippen LogP contribution in [-0.2, 0) is 11.8 Å². The predicted octanol–water partition coefficient (Wildman–Crippen LogP) is 2.87. The highest BCUT2D eigenvalue weighted by Gasteiger charge is 2.43. The largest absolute Gasteiger partial charge is 0.419 e. The summed E-state index contributed by atoms with van der Waals surface area (Å²) < 4.78 is 6.58. The first-order valence-electron chi connectivity index (χ1n) is 7.59. The summed E-state index contributed by atoms with van der Waals surface area (Å²) in [7, 11) is 1.65. The highest BCUT2D eigenvalue weighted by atomic mass is 16.4. The van der Waals surface area contributed by atoms with E-state index in [4.69, 9.17) is 4.42 Å². The Kier molecular flexibility index (Phi) is 3.08. The number of hydrogen-bond donors (Lipinski definition) is 1. The fraction of sp³-hybridized carbons (Fsp3) is 0.222. The molecule has 1 saturated carbocycles. The number of benzene rings is 2. The lowest BCUT2D eigenvalue weighted by molar-refractivity contribution is -0.117. The number of nitrogens with one attached hydrogen (secondary N) is 1. The molecule has 0 aliphatic heterocycles. The summed E-state index contributed by atoms with van der Waals surface area (Å²) in [5.74, 6) is -0.0863. The van der Waals surface area contributed by atoms with Gasteiger partial charge in [0, 0.05) is 24.7 Å². The van der Waals surface area contributed by atoms with Crippen LogP contribution < -0.4 is 11.1 Å². The van der Waals surface area contributed by atoms with Gasteiger partial charge in [-0.25, -0.2) is 4.79 Å². The minimum Gasteiger partial charge on any atom is -0.408 e. The summed E-state index contributed by atoms with van der Waals surface area (Å²) in [6, 6.07) is 15.3. The maximum atomic E-state index is 12.4. The number of aromatic nitrogens is 1. The van der Waals surface area contributed by atoms with Gasteiger partial charge in [-0.3, -0.25) is 9.36 Å². The molecule has 0 spiro atoms. The maximum absolute atomic E-state index is 12.4. The van der Waals surface area contributed by atoms with Gasteiger partial charge in [-0.05, 0) is 30.0 Å². The Labute approximate surface area is 132 Å². The van der Waals surface area contributed by atoms with Gasteiger partial charge in [0.25, 0.3) is 0 Å². The van der Waals surface area contributed by atoms with Crippen molar-refractivity contribution in [3.8, 4) is 0 Å². The van der Waals surface area contributed by atoms with E-state index in [-0.39, 0.29) is 11.8 Å². The Morgan fingerprint density at radius 2 is 2.00 bits per heavy atom. The Morgan fingerprint density at radius 1 is 1.22 bits per heavy atom. The Hall–Kier alpha value is -2.82. The lowest BCUT2D eigenvalue weighted by Crippen LogP contribution is -2.14. The van der Waals surface area contributed by atoms with Crippen LogP contribution in [0.15, 0.2) is 57.7 Å². The first-order chi connectivity index (χ1) is 11.1. The normalized spacial score (nSPS) is 19.7. The highest BCUT2D eigenvalue weighted by molar-refractivity contribution is 5.96. The number of fused-ring (bicyclic) bond motifs is 1. The molecule has 1 aliphatic carbocycles. The SMILES string of the molecule is Cn1c(=O)oc2cc(NC(=O)[C@@H]3C[C@H]3c3ccccc3)ccc21. The molecule has 0 bridgehead atoms. The molecule has 2 atom stereocenters.